The number of nitrogens with zero attached hydrogens (tertiary/aromatic N) is 1. The van der Waals surface area contributed by atoms with E-state index < -0.39 is 17.2 Å². The molecule has 1 saturated heterocycles. The summed E-state index contributed by atoms with van der Waals surface area (Å²) in [5.41, 5.74) is -0.00333. The van der Waals surface area contributed by atoms with E-state index in [0.717, 1.165) is 0 Å². The molecule has 1 N–H and O–H groups in total. The van der Waals surface area contributed by atoms with Crippen molar-refractivity contribution in [2.45, 2.75) is 26.8 Å². The maximum absolute atomic E-state index is 13.4. The minimum absolute atomic E-state index is 0.0629. The van der Waals surface area contributed by atoms with E-state index in [1.807, 2.05) is 18.7 Å². The number of hydrogen-bond acceptors (Lipinski definition) is 2. The third kappa shape index (κ3) is 2.67. The number of rotatable bonds is 4. The van der Waals surface area contributed by atoms with Crippen LogP contribution in [0.15, 0.2) is 18.2 Å². The molecule has 1 aliphatic rings. The van der Waals surface area contributed by atoms with Gasteiger partial charge in [-0.25, -0.2) is 4.39 Å². The predicted molar refractivity (Wildman–Crippen MR) is 76.2 cm³/mol. The van der Waals surface area contributed by atoms with Gasteiger partial charge in [0.15, 0.2) is 0 Å². The molecule has 1 unspecified atom stereocenters. The molecule has 1 aliphatic heterocycles. The lowest BCUT2D eigenvalue weighted by Crippen LogP contribution is -2.39. The van der Waals surface area contributed by atoms with Crippen LogP contribution in [0.1, 0.15) is 25.8 Å². The Hall–Kier alpha value is -1.13. The molecule has 1 heterocycles. The highest BCUT2D eigenvalue weighted by Crippen LogP contribution is 2.39. The van der Waals surface area contributed by atoms with Gasteiger partial charge in [0.25, 0.3) is 0 Å². The molecule has 0 amide bonds. The third-order valence-electron chi connectivity index (χ3n) is 4.34. The first-order valence-electron chi connectivity index (χ1n) is 6.75. The lowest BCUT2D eigenvalue weighted by Gasteiger charge is -2.29. The molecule has 1 aromatic carbocycles. The molecule has 5 heteroatoms. The maximum atomic E-state index is 13.4. The van der Waals surface area contributed by atoms with Gasteiger partial charge in [0.1, 0.15) is 5.82 Å². The van der Waals surface area contributed by atoms with Gasteiger partial charge in [-0.1, -0.05) is 37.6 Å². The van der Waals surface area contributed by atoms with Crippen molar-refractivity contribution in [3.05, 3.63) is 34.6 Å². The quantitative estimate of drug-likeness (QED) is 0.926. The van der Waals surface area contributed by atoms with Gasteiger partial charge in [0, 0.05) is 13.1 Å². The summed E-state index contributed by atoms with van der Waals surface area (Å²) in [6.07, 6.45) is 0.618. The normalized spacial score (nSPS) is 23.4. The molecule has 1 fully saturated rings. The summed E-state index contributed by atoms with van der Waals surface area (Å²) < 4.78 is 13.4. The fraction of sp³-hybridized carbons (Fsp3) is 0.533. The van der Waals surface area contributed by atoms with Crippen LogP contribution < -0.4 is 0 Å². The highest BCUT2D eigenvalue weighted by Gasteiger charge is 2.47. The second kappa shape index (κ2) is 5.70. The van der Waals surface area contributed by atoms with Crippen LogP contribution in [0.3, 0.4) is 0 Å². The van der Waals surface area contributed by atoms with E-state index in [2.05, 4.69) is 0 Å². The minimum Gasteiger partial charge on any atom is -0.481 e. The predicted octanol–water partition coefficient (Wildman–Crippen LogP) is 3.41. The van der Waals surface area contributed by atoms with Crippen molar-refractivity contribution in [2.24, 2.45) is 11.3 Å². The summed E-state index contributed by atoms with van der Waals surface area (Å²) in [4.78, 5) is 13.6. The Kier molecular flexibility index (Phi) is 4.35. The van der Waals surface area contributed by atoms with E-state index in [0.29, 0.717) is 31.6 Å². The van der Waals surface area contributed by atoms with E-state index in [9.17, 15) is 14.3 Å². The van der Waals surface area contributed by atoms with Crippen LogP contribution in [0, 0.1) is 17.2 Å². The number of aliphatic carboxylic acids is 1. The summed E-state index contributed by atoms with van der Waals surface area (Å²) in [6, 6.07) is 4.73. The van der Waals surface area contributed by atoms with Crippen molar-refractivity contribution in [2.75, 3.05) is 13.1 Å². The molecule has 0 bridgehead atoms. The average Bonchev–Trinajstić information content (AvgIpc) is 2.80. The molecule has 0 saturated carbocycles. The fourth-order valence-electron chi connectivity index (χ4n) is 2.85. The van der Waals surface area contributed by atoms with Crippen molar-refractivity contribution in [3.8, 4) is 0 Å². The Balaban J connectivity index is 2.14. The molecule has 20 heavy (non-hydrogen) atoms. The lowest BCUT2D eigenvalue weighted by atomic mass is 9.76. The summed E-state index contributed by atoms with van der Waals surface area (Å²) in [5.74, 6) is -1.12. The summed E-state index contributed by atoms with van der Waals surface area (Å²) >= 11 is 5.95. The lowest BCUT2D eigenvalue weighted by molar-refractivity contribution is -0.151. The molecule has 0 radical (unpaired) electrons. The van der Waals surface area contributed by atoms with Crippen molar-refractivity contribution in [3.63, 3.8) is 0 Å². The summed E-state index contributed by atoms with van der Waals surface area (Å²) in [5, 5.41) is 9.63. The molecule has 0 aromatic heterocycles. The molecule has 110 valence electrons. The third-order valence-corrected chi connectivity index (χ3v) is 4.76. The molecular formula is C15H19ClFNO2. The van der Waals surface area contributed by atoms with Gasteiger partial charge in [0.2, 0.25) is 0 Å². The second-order valence-corrected chi connectivity index (χ2v) is 6.17. The van der Waals surface area contributed by atoms with Crippen LogP contribution >= 0.6 is 11.6 Å². The number of hydrogen-bond donors (Lipinski definition) is 1. The smallest absolute Gasteiger partial charge is 0.311 e. The van der Waals surface area contributed by atoms with Crippen LogP contribution in [-0.2, 0) is 11.3 Å². The van der Waals surface area contributed by atoms with E-state index in [1.54, 1.807) is 12.1 Å². The van der Waals surface area contributed by atoms with E-state index >= 15 is 0 Å². The molecule has 3 nitrogen and oxygen atoms in total. The van der Waals surface area contributed by atoms with E-state index in [1.165, 1.54) is 6.07 Å². The average molecular weight is 300 g/mol. The number of likely N-dealkylation sites (tertiary alicyclic amines) is 1. The largest absolute Gasteiger partial charge is 0.481 e. The van der Waals surface area contributed by atoms with Crippen LogP contribution in [-0.4, -0.2) is 29.1 Å². The van der Waals surface area contributed by atoms with Gasteiger partial charge < -0.3 is 5.11 Å². The zero-order valence-corrected chi connectivity index (χ0v) is 12.5. The Morgan fingerprint density at radius 3 is 2.80 bits per heavy atom. The zero-order valence-electron chi connectivity index (χ0n) is 11.7. The molecule has 1 aromatic rings. The van der Waals surface area contributed by atoms with Crippen LogP contribution in [0.2, 0.25) is 5.02 Å². The zero-order chi connectivity index (χ0) is 14.9. The van der Waals surface area contributed by atoms with Crippen LogP contribution in [0.5, 0.6) is 0 Å². The van der Waals surface area contributed by atoms with Crippen LogP contribution in [0.25, 0.3) is 0 Å². The van der Waals surface area contributed by atoms with E-state index in [4.69, 9.17) is 11.6 Å². The topological polar surface area (TPSA) is 40.5 Å². The van der Waals surface area contributed by atoms with Gasteiger partial charge in [-0.2, -0.15) is 0 Å². The second-order valence-electron chi connectivity index (χ2n) is 5.79. The fourth-order valence-corrected chi connectivity index (χ4v) is 3.04. The Morgan fingerprint density at radius 2 is 2.25 bits per heavy atom. The maximum Gasteiger partial charge on any atom is 0.311 e. The van der Waals surface area contributed by atoms with Crippen LogP contribution in [0.4, 0.5) is 4.39 Å². The number of carboxylic acids is 1. The molecule has 2 rings (SSSR count). The first-order chi connectivity index (χ1) is 9.36. The summed E-state index contributed by atoms with van der Waals surface area (Å²) in [7, 11) is 0. The molecule has 1 atom stereocenters. The van der Waals surface area contributed by atoms with Crippen molar-refractivity contribution in [1.82, 2.24) is 4.90 Å². The van der Waals surface area contributed by atoms with Gasteiger partial charge >= 0.3 is 5.97 Å². The summed E-state index contributed by atoms with van der Waals surface area (Å²) in [6.45, 7) is 5.53. The number of halogens is 2. The monoisotopic (exact) mass is 299 g/mol. The van der Waals surface area contributed by atoms with Crippen molar-refractivity contribution < 1.29 is 14.3 Å². The highest BCUT2D eigenvalue weighted by atomic mass is 35.5. The van der Waals surface area contributed by atoms with Crippen molar-refractivity contribution in [1.29, 1.82) is 0 Å². The number of carbonyl (C=O) groups is 1. The number of carboxylic acid groups (broad SMARTS) is 1. The first-order valence-corrected chi connectivity index (χ1v) is 7.13. The number of benzene rings is 1. The first kappa shape index (κ1) is 15.3. The van der Waals surface area contributed by atoms with Gasteiger partial charge in [-0.15, -0.1) is 0 Å². The Bertz CT molecular complexity index is 521. The van der Waals surface area contributed by atoms with Gasteiger partial charge in [-0.3, -0.25) is 9.69 Å². The Labute approximate surface area is 123 Å². The Morgan fingerprint density at radius 1 is 1.55 bits per heavy atom. The van der Waals surface area contributed by atoms with Crippen molar-refractivity contribution >= 4 is 17.6 Å². The van der Waals surface area contributed by atoms with E-state index in [-0.39, 0.29) is 10.9 Å². The highest BCUT2D eigenvalue weighted by molar-refractivity contribution is 6.31. The molecular weight excluding hydrogens is 281 g/mol. The molecule has 0 aliphatic carbocycles. The molecule has 0 spiro atoms. The van der Waals surface area contributed by atoms with Gasteiger partial charge in [-0.05, 0) is 30.5 Å². The minimum atomic E-state index is -0.750. The standard InChI is InChI=1S/C15H19ClFNO2/c1-10(2)15(14(19)20)6-7-18(9-15)8-11-4-3-5-12(17)13(11)16/h3-5,10H,6-9H2,1-2H3,(H,19,20). The SMILES string of the molecule is CC(C)C1(C(=O)O)CCN(Cc2cccc(F)c2Cl)C1. The van der Waals surface area contributed by atoms with Gasteiger partial charge in [0.05, 0.1) is 10.4 Å².